The number of aromatic nitrogens is 3. The van der Waals surface area contributed by atoms with Gasteiger partial charge >= 0.3 is 0 Å². The summed E-state index contributed by atoms with van der Waals surface area (Å²) in [6.07, 6.45) is 1.54. The van der Waals surface area contributed by atoms with Crippen molar-refractivity contribution in [1.82, 2.24) is 14.8 Å². The zero-order valence-corrected chi connectivity index (χ0v) is 16.1. The molecule has 0 fully saturated rings. The number of carbonyl (C=O) groups is 1. The molecular formula is C21H15F2N3O2S. The normalized spacial score (nSPS) is 12.1. The SMILES string of the molecule is CC(Sc1nnc(-c2ccco2)n1-c1ccccc1)C(=O)c1ccc(F)c(F)c1. The molecule has 29 heavy (non-hydrogen) atoms. The van der Waals surface area contributed by atoms with Gasteiger partial charge in [-0.3, -0.25) is 9.36 Å². The van der Waals surface area contributed by atoms with E-state index in [2.05, 4.69) is 10.2 Å². The number of rotatable bonds is 6. The van der Waals surface area contributed by atoms with E-state index < -0.39 is 16.9 Å². The van der Waals surface area contributed by atoms with E-state index in [1.54, 1.807) is 29.9 Å². The van der Waals surface area contributed by atoms with Crippen molar-refractivity contribution in [2.75, 3.05) is 0 Å². The third-order valence-corrected chi connectivity index (χ3v) is 5.29. The number of hydrogen-bond acceptors (Lipinski definition) is 5. The van der Waals surface area contributed by atoms with Gasteiger partial charge in [0.15, 0.2) is 28.3 Å². The quantitative estimate of drug-likeness (QED) is 0.324. The first-order valence-electron chi connectivity index (χ1n) is 8.75. The number of carbonyl (C=O) groups excluding carboxylic acids is 1. The summed E-state index contributed by atoms with van der Waals surface area (Å²) in [7, 11) is 0. The summed E-state index contributed by atoms with van der Waals surface area (Å²) in [5, 5.41) is 8.33. The summed E-state index contributed by atoms with van der Waals surface area (Å²) in [6.45, 7) is 1.69. The molecule has 1 atom stereocenters. The first kappa shape index (κ1) is 19.1. The Kier molecular flexibility index (Phi) is 5.26. The van der Waals surface area contributed by atoms with Crippen LogP contribution < -0.4 is 0 Å². The molecule has 0 aliphatic carbocycles. The minimum atomic E-state index is -1.05. The topological polar surface area (TPSA) is 60.9 Å². The molecule has 4 rings (SSSR count). The van der Waals surface area contributed by atoms with Gasteiger partial charge in [0, 0.05) is 11.3 Å². The highest BCUT2D eigenvalue weighted by Crippen LogP contribution is 2.31. The molecule has 0 bridgehead atoms. The number of hydrogen-bond donors (Lipinski definition) is 0. The van der Waals surface area contributed by atoms with E-state index in [-0.39, 0.29) is 11.3 Å². The Labute approximate surface area is 169 Å². The lowest BCUT2D eigenvalue weighted by molar-refractivity contribution is 0.0993. The third-order valence-electron chi connectivity index (χ3n) is 4.24. The van der Waals surface area contributed by atoms with E-state index in [0.29, 0.717) is 16.7 Å². The second-order valence-electron chi connectivity index (χ2n) is 6.21. The van der Waals surface area contributed by atoms with E-state index in [1.807, 2.05) is 30.3 Å². The molecule has 2 heterocycles. The first-order valence-corrected chi connectivity index (χ1v) is 9.63. The molecule has 0 saturated carbocycles. The molecule has 4 aromatic rings. The molecule has 1 unspecified atom stereocenters. The standard InChI is InChI=1S/C21H15F2N3O2S/c1-13(19(27)14-9-10-16(22)17(23)12-14)29-21-25-24-20(18-8-5-11-28-18)26(21)15-6-3-2-4-7-15/h2-13H,1H3. The lowest BCUT2D eigenvalue weighted by Crippen LogP contribution is -2.15. The van der Waals surface area contributed by atoms with Crippen molar-refractivity contribution in [3.05, 3.63) is 84.1 Å². The van der Waals surface area contributed by atoms with E-state index in [0.717, 1.165) is 17.8 Å². The molecule has 2 aromatic heterocycles. The molecule has 2 aromatic carbocycles. The van der Waals surface area contributed by atoms with Crippen LogP contribution in [0.4, 0.5) is 8.78 Å². The van der Waals surface area contributed by atoms with Crippen LogP contribution in [0.5, 0.6) is 0 Å². The van der Waals surface area contributed by atoms with Crippen LogP contribution in [0.2, 0.25) is 0 Å². The van der Waals surface area contributed by atoms with Gasteiger partial charge in [-0.15, -0.1) is 10.2 Å². The van der Waals surface area contributed by atoms with Crippen LogP contribution in [0.15, 0.2) is 76.5 Å². The Balaban J connectivity index is 1.68. The maximum Gasteiger partial charge on any atom is 0.205 e. The van der Waals surface area contributed by atoms with Gasteiger partial charge in [0.1, 0.15) is 0 Å². The van der Waals surface area contributed by atoms with Crippen LogP contribution in [0.25, 0.3) is 17.3 Å². The van der Waals surface area contributed by atoms with Crippen molar-refractivity contribution >= 4 is 17.5 Å². The van der Waals surface area contributed by atoms with Crippen molar-refractivity contribution < 1.29 is 18.0 Å². The molecule has 5 nitrogen and oxygen atoms in total. The monoisotopic (exact) mass is 411 g/mol. The number of furan rings is 1. The maximum absolute atomic E-state index is 13.5. The van der Waals surface area contributed by atoms with Crippen LogP contribution in [0.1, 0.15) is 17.3 Å². The Bertz CT molecular complexity index is 1140. The molecule has 8 heteroatoms. The van der Waals surface area contributed by atoms with Crippen LogP contribution >= 0.6 is 11.8 Å². The number of halogens is 2. The minimum absolute atomic E-state index is 0.0981. The fraction of sp³-hybridized carbons (Fsp3) is 0.0952. The van der Waals surface area contributed by atoms with Crippen LogP contribution in [-0.4, -0.2) is 25.8 Å². The first-order chi connectivity index (χ1) is 14.0. The van der Waals surface area contributed by atoms with Crippen molar-refractivity contribution in [2.45, 2.75) is 17.3 Å². The Morgan fingerprint density at radius 2 is 1.83 bits per heavy atom. The Morgan fingerprint density at radius 1 is 1.03 bits per heavy atom. The highest BCUT2D eigenvalue weighted by molar-refractivity contribution is 8.00. The van der Waals surface area contributed by atoms with Crippen molar-refractivity contribution in [2.24, 2.45) is 0 Å². The molecule has 0 spiro atoms. The average Bonchev–Trinajstić information content (AvgIpc) is 3.40. The van der Waals surface area contributed by atoms with Gasteiger partial charge in [0.25, 0.3) is 0 Å². The highest BCUT2D eigenvalue weighted by atomic mass is 32.2. The lowest BCUT2D eigenvalue weighted by Gasteiger charge is -2.12. The number of para-hydroxylation sites is 1. The van der Waals surface area contributed by atoms with Crippen molar-refractivity contribution in [3.63, 3.8) is 0 Å². The summed E-state index contributed by atoms with van der Waals surface area (Å²) in [4.78, 5) is 12.7. The van der Waals surface area contributed by atoms with Crippen LogP contribution in [0.3, 0.4) is 0 Å². The van der Waals surface area contributed by atoms with Gasteiger partial charge in [0.05, 0.1) is 11.5 Å². The highest BCUT2D eigenvalue weighted by Gasteiger charge is 2.24. The predicted octanol–water partition coefficient (Wildman–Crippen LogP) is 5.17. The number of Topliss-reactive ketones (excluding diaryl/α,β-unsaturated/α-hetero) is 1. The van der Waals surface area contributed by atoms with Gasteiger partial charge in [-0.2, -0.15) is 0 Å². The minimum Gasteiger partial charge on any atom is -0.461 e. The smallest absolute Gasteiger partial charge is 0.205 e. The molecule has 0 aliphatic heterocycles. The summed E-state index contributed by atoms with van der Waals surface area (Å²) < 4.78 is 33.9. The number of ketones is 1. The summed E-state index contributed by atoms with van der Waals surface area (Å²) in [5.41, 5.74) is 0.903. The zero-order valence-electron chi connectivity index (χ0n) is 15.3. The average molecular weight is 411 g/mol. The van der Waals surface area contributed by atoms with Crippen LogP contribution in [-0.2, 0) is 0 Å². The second kappa shape index (κ2) is 8.00. The molecule has 0 N–H and O–H groups in total. The van der Waals surface area contributed by atoms with Gasteiger partial charge < -0.3 is 4.42 Å². The summed E-state index contributed by atoms with van der Waals surface area (Å²) >= 11 is 1.18. The zero-order chi connectivity index (χ0) is 20.4. The van der Waals surface area contributed by atoms with Crippen molar-refractivity contribution in [3.8, 4) is 17.3 Å². The largest absolute Gasteiger partial charge is 0.461 e. The molecule has 0 saturated heterocycles. The van der Waals surface area contributed by atoms with E-state index in [4.69, 9.17) is 4.42 Å². The summed E-state index contributed by atoms with van der Waals surface area (Å²) in [5.74, 6) is -1.35. The summed E-state index contributed by atoms with van der Waals surface area (Å²) in [6, 6.07) is 16.1. The number of thioether (sulfide) groups is 1. The lowest BCUT2D eigenvalue weighted by atomic mass is 10.1. The van der Waals surface area contributed by atoms with Gasteiger partial charge in [-0.1, -0.05) is 30.0 Å². The number of benzene rings is 2. The van der Waals surface area contributed by atoms with E-state index in [1.165, 1.54) is 17.8 Å². The number of nitrogens with zero attached hydrogens (tertiary/aromatic N) is 3. The molecule has 0 radical (unpaired) electrons. The van der Waals surface area contributed by atoms with E-state index >= 15 is 0 Å². The Hall–Kier alpha value is -3.26. The van der Waals surface area contributed by atoms with Gasteiger partial charge in [0.2, 0.25) is 5.82 Å². The predicted molar refractivity (Wildman–Crippen MR) is 105 cm³/mol. The molecule has 146 valence electrons. The van der Waals surface area contributed by atoms with Gasteiger partial charge in [-0.25, -0.2) is 8.78 Å². The fourth-order valence-corrected chi connectivity index (χ4v) is 3.76. The second-order valence-corrected chi connectivity index (χ2v) is 7.52. The van der Waals surface area contributed by atoms with Gasteiger partial charge in [-0.05, 0) is 49.4 Å². The Morgan fingerprint density at radius 3 is 2.52 bits per heavy atom. The maximum atomic E-state index is 13.5. The van der Waals surface area contributed by atoms with E-state index in [9.17, 15) is 13.6 Å². The van der Waals surface area contributed by atoms with Crippen molar-refractivity contribution in [1.29, 1.82) is 0 Å². The molecular weight excluding hydrogens is 396 g/mol. The third kappa shape index (κ3) is 3.84. The molecule has 0 amide bonds. The molecule has 0 aliphatic rings. The van der Waals surface area contributed by atoms with Crippen LogP contribution in [0, 0.1) is 11.6 Å². The fourth-order valence-electron chi connectivity index (χ4n) is 2.82.